The molecule has 1 saturated heterocycles. The summed E-state index contributed by atoms with van der Waals surface area (Å²) in [4.78, 5) is 15.0. The van der Waals surface area contributed by atoms with Crippen molar-refractivity contribution in [3.8, 4) is 6.07 Å². The summed E-state index contributed by atoms with van der Waals surface area (Å²) in [5.74, 6) is 0.0446. The Morgan fingerprint density at radius 1 is 1.52 bits per heavy atom. The number of nitrogens with zero attached hydrogens (tertiary/aromatic N) is 2. The summed E-state index contributed by atoms with van der Waals surface area (Å²) >= 11 is 1.43. The number of hydrogen-bond donors (Lipinski definition) is 2. The van der Waals surface area contributed by atoms with Gasteiger partial charge in [0.1, 0.15) is 11.1 Å². The molecule has 21 heavy (non-hydrogen) atoms. The molecule has 2 heterocycles. The van der Waals surface area contributed by atoms with Gasteiger partial charge in [-0.2, -0.15) is 5.26 Å². The molecule has 1 aliphatic rings. The first-order valence-corrected chi connectivity index (χ1v) is 7.83. The van der Waals surface area contributed by atoms with Crippen molar-refractivity contribution in [3.05, 3.63) is 16.0 Å². The maximum Gasteiger partial charge on any atom is 0.239 e. The summed E-state index contributed by atoms with van der Waals surface area (Å²) in [5, 5.41) is 22.8. The predicted molar refractivity (Wildman–Crippen MR) is 83.4 cm³/mol. The first kappa shape index (κ1) is 16.0. The van der Waals surface area contributed by atoms with Crippen LogP contribution in [0.3, 0.4) is 0 Å². The number of nitriles is 1. The Morgan fingerprint density at radius 2 is 2.14 bits per heavy atom. The van der Waals surface area contributed by atoms with Crippen LogP contribution in [-0.2, 0) is 4.79 Å². The Morgan fingerprint density at radius 3 is 2.67 bits per heavy atom. The summed E-state index contributed by atoms with van der Waals surface area (Å²) < 4.78 is 0. The average molecular weight is 307 g/mol. The number of β-amino-alcohol motifs (C(OH)–C–C–N with tert-alkyl or cyclic N) is 1. The molecule has 0 aromatic carbocycles. The topological polar surface area (TPSA) is 76.4 Å². The van der Waals surface area contributed by atoms with Gasteiger partial charge < -0.3 is 10.4 Å². The number of carbonyl (C=O) groups is 1. The number of hydrogen-bond acceptors (Lipinski definition) is 5. The van der Waals surface area contributed by atoms with Crippen molar-refractivity contribution in [1.82, 2.24) is 4.90 Å². The molecule has 1 amide bonds. The Balaban J connectivity index is 1.93. The van der Waals surface area contributed by atoms with Crippen molar-refractivity contribution < 1.29 is 9.90 Å². The molecule has 0 bridgehead atoms. The first-order valence-electron chi connectivity index (χ1n) is 7.01. The number of anilines is 1. The summed E-state index contributed by atoms with van der Waals surface area (Å²) in [5.41, 5.74) is 0.804. The zero-order valence-electron chi connectivity index (χ0n) is 12.9. The Hall–Kier alpha value is -1.42. The normalized spacial score (nSPS) is 17.4. The molecule has 2 N–H and O–H groups in total. The predicted octanol–water partition coefficient (Wildman–Crippen LogP) is 1.88. The second-order valence-electron chi connectivity index (χ2n) is 6.05. The quantitative estimate of drug-likeness (QED) is 0.890. The Kier molecular flexibility index (Phi) is 4.38. The molecule has 0 radical (unpaired) electrons. The van der Waals surface area contributed by atoms with Gasteiger partial charge in [0.15, 0.2) is 0 Å². The molecule has 1 aromatic rings. The minimum absolute atomic E-state index is 0.140. The van der Waals surface area contributed by atoms with Crippen LogP contribution in [0.15, 0.2) is 0 Å². The van der Waals surface area contributed by atoms with Crippen molar-refractivity contribution in [2.45, 2.75) is 33.3 Å². The molecule has 1 aromatic heterocycles. The number of likely N-dealkylation sites (tertiary alicyclic amines) is 1. The monoisotopic (exact) mass is 307 g/mol. The van der Waals surface area contributed by atoms with E-state index in [2.05, 4.69) is 11.4 Å². The number of nitrogens with one attached hydrogen (secondary N) is 1. The summed E-state index contributed by atoms with van der Waals surface area (Å²) in [7, 11) is 0. The van der Waals surface area contributed by atoms with Crippen LogP contribution in [0, 0.1) is 31.1 Å². The maximum atomic E-state index is 12.0. The van der Waals surface area contributed by atoms with Gasteiger partial charge in [0.25, 0.3) is 0 Å². The smallest absolute Gasteiger partial charge is 0.239 e. The van der Waals surface area contributed by atoms with Crippen LogP contribution >= 0.6 is 11.3 Å². The van der Waals surface area contributed by atoms with Crippen molar-refractivity contribution in [3.63, 3.8) is 0 Å². The molecule has 0 aliphatic carbocycles. The molecule has 0 atom stereocenters. The van der Waals surface area contributed by atoms with Crippen LogP contribution in [0.1, 0.15) is 29.9 Å². The lowest BCUT2D eigenvalue weighted by molar-refractivity contribution is -0.139. The van der Waals surface area contributed by atoms with Crippen molar-refractivity contribution in [2.24, 2.45) is 5.92 Å². The Bertz CT molecular complexity index is 595. The molecule has 2 rings (SSSR count). The average Bonchev–Trinajstić information content (AvgIpc) is 2.61. The molecule has 0 unspecified atom stereocenters. The van der Waals surface area contributed by atoms with E-state index in [0.29, 0.717) is 23.7 Å². The minimum atomic E-state index is -0.672. The fourth-order valence-corrected chi connectivity index (χ4v) is 3.45. The van der Waals surface area contributed by atoms with Crippen molar-refractivity contribution in [1.29, 1.82) is 5.26 Å². The third-order valence-corrected chi connectivity index (χ3v) is 5.31. The second-order valence-corrected chi connectivity index (χ2v) is 7.28. The fraction of sp³-hybridized carbons (Fsp3) is 0.600. The lowest BCUT2D eigenvalue weighted by Gasteiger charge is -2.48. The number of carbonyl (C=O) groups excluding carboxylic acids is 1. The molecule has 1 fully saturated rings. The molecular weight excluding hydrogens is 286 g/mol. The highest BCUT2D eigenvalue weighted by molar-refractivity contribution is 7.16. The van der Waals surface area contributed by atoms with Crippen LogP contribution in [0.4, 0.5) is 5.00 Å². The van der Waals surface area contributed by atoms with Crippen LogP contribution in [0.25, 0.3) is 0 Å². The molecule has 5 nitrogen and oxygen atoms in total. The van der Waals surface area contributed by atoms with Crippen molar-refractivity contribution in [2.75, 3.05) is 25.0 Å². The maximum absolute atomic E-state index is 12.0. The number of amides is 1. The zero-order chi connectivity index (χ0) is 15.8. The van der Waals surface area contributed by atoms with Gasteiger partial charge in [-0.1, -0.05) is 13.8 Å². The van der Waals surface area contributed by atoms with Crippen molar-refractivity contribution >= 4 is 22.2 Å². The second kappa shape index (κ2) is 5.76. The van der Waals surface area contributed by atoms with E-state index in [9.17, 15) is 9.90 Å². The van der Waals surface area contributed by atoms with Crippen LogP contribution in [0.5, 0.6) is 0 Å². The summed E-state index contributed by atoms with van der Waals surface area (Å²) in [6.45, 7) is 9.07. The van der Waals surface area contributed by atoms with Gasteiger partial charge in [0, 0.05) is 18.0 Å². The van der Waals surface area contributed by atoms with E-state index in [1.54, 1.807) is 0 Å². The lowest BCUT2D eigenvalue weighted by atomic mass is 9.83. The highest BCUT2D eigenvalue weighted by Gasteiger charge is 2.43. The van der Waals surface area contributed by atoms with Gasteiger partial charge in [-0.3, -0.25) is 9.69 Å². The molecule has 114 valence electrons. The van der Waals surface area contributed by atoms with E-state index in [4.69, 9.17) is 5.26 Å². The third kappa shape index (κ3) is 3.10. The van der Waals surface area contributed by atoms with E-state index >= 15 is 0 Å². The third-order valence-electron chi connectivity index (χ3n) is 4.19. The fourth-order valence-electron chi connectivity index (χ4n) is 2.42. The van der Waals surface area contributed by atoms with E-state index < -0.39 is 5.60 Å². The van der Waals surface area contributed by atoms with Gasteiger partial charge in [0.05, 0.1) is 17.7 Å². The van der Waals surface area contributed by atoms with Crippen LogP contribution in [0.2, 0.25) is 0 Å². The van der Waals surface area contributed by atoms with Gasteiger partial charge in [-0.15, -0.1) is 11.3 Å². The van der Waals surface area contributed by atoms with Gasteiger partial charge in [-0.25, -0.2) is 0 Å². The van der Waals surface area contributed by atoms with E-state index in [1.165, 1.54) is 11.3 Å². The zero-order valence-corrected chi connectivity index (χ0v) is 13.7. The van der Waals surface area contributed by atoms with Gasteiger partial charge in [0.2, 0.25) is 5.91 Å². The number of thiophene rings is 1. The molecular formula is C15H21N3O2S. The van der Waals surface area contributed by atoms with E-state index in [-0.39, 0.29) is 18.4 Å². The SMILES string of the molecule is Cc1sc(NC(=O)CN2CC(O)(C(C)C)C2)c(C#N)c1C. The molecule has 0 spiro atoms. The molecule has 1 aliphatic heterocycles. The van der Waals surface area contributed by atoms with E-state index in [1.807, 2.05) is 32.6 Å². The van der Waals surface area contributed by atoms with Gasteiger partial charge in [-0.05, 0) is 25.3 Å². The van der Waals surface area contributed by atoms with Crippen LogP contribution in [-0.4, -0.2) is 41.1 Å². The summed E-state index contributed by atoms with van der Waals surface area (Å²) in [6, 6.07) is 2.14. The first-order chi connectivity index (χ1) is 9.76. The van der Waals surface area contributed by atoms with Crippen LogP contribution < -0.4 is 5.32 Å². The lowest BCUT2D eigenvalue weighted by Crippen LogP contribution is -2.65. The molecule has 6 heteroatoms. The largest absolute Gasteiger partial charge is 0.387 e. The number of aliphatic hydroxyl groups is 1. The minimum Gasteiger partial charge on any atom is -0.387 e. The standard InChI is InChI=1S/C15H21N3O2S/c1-9(2)15(20)7-18(8-15)6-13(19)17-14-12(5-16)10(3)11(4)21-14/h9,20H,6-8H2,1-4H3,(H,17,19). The summed E-state index contributed by atoms with van der Waals surface area (Å²) in [6.07, 6.45) is 0. The Labute approximate surface area is 129 Å². The number of rotatable bonds is 4. The highest BCUT2D eigenvalue weighted by Crippen LogP contribution is 2.32. The highest BCUT2D eigenvalue weighted by atomic mass is 32.1. The van der Waals surface area contributed by atoms with E-state index in [0.717, 1.165) is 10.4 Å². The number of aryl methyl sites for hydroxylation is 1. The van der Waals surface area contributed by atoms with Gasteiger partial charge >= 0.3 is 0 Å². The molecule has 0 saturated carbocycles.